The van der Waals surface area contributed by atoms with E-state index >= 15 is 0 Å². The molecule has 0 aromatic heterocycles. The van der Waals surface area contributed by atoms with Crippen molar-refractivity contribution in [3.8, 4) is 0 Å². The summed E-state index contributed by atoms with van der Waals surface area (Å²) in [5.74, 6) is -0.00950. The molecular weight excluding hydrogens is 328 g/mol. The van der Waals surface area contributed by atoms with Gasteiger partial charge in [0, 0.05) is 5.88 Å². The minimum absolute atomic E-state index is 0.0372. The van der Waals surface area contributed by atoms with Crippen LogP contribution in [0.1, 0.15) is 57.6 Å². The lowest BCUT2D eigenvalue weighted by atomic mass is 10.0. The van der Waals surface area contributed by atoms with E-state index in [0.29, 0.717) is 5.88 Å². The van der Waals surface area contributed by atoms with Gasteiger partial charge in [-0.1, -0.05) is 51.5 Å². The predicted molar refractivity (Wildman–Crippen MR) is 94.7 cm³/mol. The molecule has 0 aliphatic carbocycles. The first kappa shape index (κ1) is 20.5. The molecular formula is C19H27ClO4. The summed E-state index contributed by atoms with van der Waals surface area (Å²) in [5.41, 5.74) is 1.91. The number of alkyl halides is 1. The smallest absolute Gasteiger partial charge is 0.306 e. The molecule has 0 saturated carbocycles. The number of benzene rings is 1. The van der Waals surface area contributed by atoms with Gasteiger partial charge in [0.15, 0.2) is 0 Å². The summed E-state index contributed by atoms with van der Waals surface area (Å²) in [6, 6.07) is 7.54. The average molecular weight is 355 g/mol. The third-order valence-corrected chi connectivity index (χ3v) is 4.02. The van der Waals surface area contributed by atoms with Gasteiger partial charge in [-0.05, 0) is 23.5 Å². The topological polar surface area (TPSA) is 52.6 Å². The average Bonchev–Trinajstić information content (AvgIpc) is 2.58. The van der Waals surface area contributed by atoms with Gasteiger partial charge in [-0.2, -0.15) is 0 Å². The largest absolute Gasteiger partial charge is 0.462 e. The van der Waals surface area contributed by atoms with E-state index in [1.807, 2.05) is 38.1 Å². The van der Waals surface area contributed by atoms with E-state index in [9.17, 15) is 9.59 Å². The summed E-state index contributed by atoms with van der Waals surface area (Å²) in [4.78, 5) is 23.6. The minimum Gasteiger partial charge on any atom is -0.462 e. The molecule has 24 heavy (non-hydrogen) atoms. The number of hydrogen-bond donors (Lipinski definition) is 0. The van der Waals surface area contributed by atoms with Crippen LogP contribution in [0.5, 0.6) is 0 Å². The van der Waals surface area contributed by atoms with Gasteiger partial charge in [-0.25, -0.2) is 0 Å². The van der Waals surface area contributed by atoms with E-state index in [1.165, 1.54) is 0 Å². The Morgan fingerprint density at radius 1 is 1.04 bits per heavy atom. The molecule has 1 rings (SSSR count). The molecule has 1 aromatic rings. The molecule has 0 saturated heterocycles. The Balaban J connectivity index is 2.30. The van der Waals surface area contributed by atoms with Crippen molar-refractivity contribution >= 4 is 23.5 Å². The SMILES string of the molecule is CCCC(OC(=O)CCC(=O)OCc1ccc(CCl)cc1)C(C)C. The summed E-state index contributed by atoms with van der Waals surface area (Å²) in [6.07, 6.45) is 1.80. The standard InChI is InChI=1S/C19H27ClO4/c1-4-5-17(14(2)3)24-19(22)11-10-18(21)23-13-16-8-6-15(12-20)7-9-16/h6-9,14,17H,4-5,10-13H2,1-3H3. The number of esters is 2. The van der Waals surface area contributed by atoms with Crippen LogP contribution in [-0.4, -0.2) is 18.0 Å². The van der Waals surface area contributed by atoms with Crippen molar-refractivity contribution in [2.24, 2.45) is 5.92 Å². The maximum Gasteiger partial charge on any atom is 0.306 e. The zero-order chi connectivity index (χ0) is 17.9. The lowest BCUT2D eigenvalue weighted by Gasteiger charge is -2.20. The highest BCUT2D eigenvalue weighted by molar-refractivity contribution is 6.17. The Morgan fingerprint density at radius 2 is 1.62 bits per heavy atom. The highest BCUT2D eigenvalue weighted by atomic mass is 35.5. The third-order valence-electron chi connectivity index (χ3n) is 3.71. The fourth-order valence-corrected chi connectivity index (χ4v) is 2.38. The summed E-state index contributed by atoms with van der Waals surface area (Å²) >= 11 is 5.72. The molecule has 134 valence electrons. The van der Waals surface area contributed by atoms with Crippen molar-refractivity contribution in [2.75, 3.05) is 0 Å². The predicted octanol–water partition coefficient (Wildman–Crippen LogP) is 4.62. The van der Waals surface area contributed by atoms with Crippen LogP contribution in [0.3, 0.4) is 0 Å². The van der Waals surface area contributed by atoms with Crippen LogP contribution in [-0.2, 0) is 31.5 Å². The zero-order valence-electron chi connectivity index (χ0n) is 14.7. The lowest BCUT2D eigenvalue weighted by molar-refractivity contribution is -0.156. The molecule has 1 unspecified atom stereocenters. The van der Waals surface area contributed by atoms with Gasteiger partial charge in [-0.15, -0.1) is 11.6 Å². The zero-order valence-corrected chi connectivity index (χ0v) is 15.5. The van der Waals surface area contributed by atoms with Gasteiger partial charge < -0.3 is 9.47 Å². The maximum absolute atomic E-state index is 11.8. The van der Waals surface area contributed by atoms with Gasteiger partial charge in [0.2, 0.25) is 0 Å². The van der Waals surface area contributed by atoms with Gasteiger partial charge in [0.1, 0.15) is 12.7 Å². The molecule has 1 atom stereocenters. The van der Waals surface area contributed by atoms with Gasteiger partial charge in [-0.3, -0.25) is 9.59 Å². The van der Waals surface area contributed by atoms with Crippen LogP contribution < -0.4 is 0 Å². The van der Waals surface area contributed by atoms with E-state index in [4.69, 9.17) is 21.1 Å². The highest BCUT2D eigenvalue weighted by Gasteiger charge is 2.18. The van der Waals surface area contributed by atoms with E-state index in [-0.39, 0.29) is 37.4 Å². The number of hydrogen-bond acceptors (Lipinski definition) is 4. The first-order valence-electron chi connectivity index (χ1n) is 8.45. The molecule has 0 fully saturated rings. The van der Waals surface area contributed by atoms with Crippen molar-refractivity contribution in [2.45, 2.75) is 65.0 Å². The number of ether oxygens (including phenoxy) is 2. The van der Waals surface area contributed by atoms with Crippen LogP contribution in [0.2, 0.25) is 0 Å². The molecule has 5 heteroatoms. The lowest BCUT2D eigenvalue weighted by Crippen LogP contribution is -2.24. The summed E-state index contributed by atoms with van der Waals surface area (Å²) in [6.45, 7) is 6.30. The van der Waals surface area contributed by atoms with E-state index < -0.39 is 5.97 Å². The molecule has 0 aliphatic rings. The fourth-order valence-electron chi connectivity index (χ4n) is 2.21. The molecule has 0 amide bonds. The molecule has 0 spiro atoms. The highest BCUT2D eigenvalue weighted by Crippen LogP contribution is 2.14. The van der Waals surface area contributed by atoms with Crippen molar-refractivity contribution in [1.29, 1.82) is 0 Å². The Morgan fingerprint density at radius 3 is 2.17 bits per heavy atom. The van der Waals surface area contributed by atoms with Gasteiger partial charge >= 0.3 is 11.9 Å². The summed E-state index contributed by atoms with van der Waals surface area (Å²) < 4.78 is 10.6. The maximum atomic E-state index is 11.8. The number of halogens is 1. The quantitative estimate of drug-likeness (QED) is 0.454. The van der Waals surface area contributed by atoms with Gasteiger partial charge in [0.05, 0.1) is 12.8 Å². The summed E-state index contributed by atoms with van der Waals surface area (Å²) in [5, 5.41) is 0. The van der Waals surface area contributed by atoms with E-state index in [0.717, 1.165) is 24.0 Å². The van der Waals surface area contributed by atoms with Crippen molar-refractivity contribution in [3.63, 3.8) is 0 Å². The normalized spacial score (nSPS) is 12.0. The number of carbonyl (C=O) groups excluding carboxylic acids is 2. The molecule has 0 bridgehead atoms. The van der Waals surface area contributed by atoms with E-state index in [2.05, 4.69) is 6.92 Å². The second-order valence-corrected chi connectivity index (χ2v) is 6.44. The van der Waals surface area contributed by atoms with Crippen LogP contribution in [0, 0.1) is 5.92 Å². The Kier molecular flexibility index (Phi) is 9.46. The Hall–Kier alpha value is -1.55. The van der Waals surface area contributed by atoms with Crippen molar-refractivity contribution in [1.82, 2.24) is 0 Å². The number of rotatable bonds is 10. The third kappa shape index (κ3) is 7.82. The molecule has 0 aliphatic heterocycles. The number of carbonyl (C=O) groups is 2. The first-order chi connectivity index (χ1) is 11.5. The van der Waals surface area contributed by atoms with Crippen molar-refractivity contribution in [3.05, 3.63) is 35.4 Å². The molecule has 0 radical (unpaired) electrons. The van der Waals surface area contributed by atoms with Crippen LogP contribution >= 0.6 is 11.6 Å². The minimum atomic E-state index is -0.398. The van der Waals surface area contributed by atoms with Crippen molar-refractivity contribution < 1.29 is 19.1 Å². The molecule has 1 aromatic carbocycles. The molecule has 0 heterocycles. The van der Waals surface area contributed by atoms with Gasteiger partial charge in [0.25, 0.3) is 0 Å². The fraction of sp³-hybridized carbons (Fsp3) is 0.579. The summed E-state index contributed by atoms with van der Waals surface area (Å²) in [7, 11) is 0. The molecule has 4 nitrogen and oxygen atoms in total. The monoisotopic (exact) mass is 354 g/mol. The Labute approximate surface area is 149 Å². The van der Waals surface area contributed by atoms with E-state index in [1.54, 1.807) is 0 Å². The van der Waals surface area contributed by atoms with Crippen LogP contribution in [0.25, 0.3) is 0 Å². The van der Waals surface area contributed by atoms with Crippen LogP contribution in [0.15, 0.2) is 24.3 Å². The van der Waals surface area contributed by atoms with Crippen LogP contribution in [0.4, 0.5) is 0 Å². The Bertz CT molecular complexity index is 511. The molecule has 0 N–H and O–H groups in total. The first-order valence-corrected chi connectivity index (χ1v) is 8.98. The second kappa shape index (κ2) is 11.1. The second-order valence-electron chi connectivity index (χ2n) is 6.17.